The number of hydrogen-bond donors (Lipinski definition) is 1. The number of nitrogens with one attached hydrogen (secondary N) is 1. The van der Waals surface area contributed by atoms with Crippen molar-refractivity contribution in [3.8, 4) is 5.75 Å². The summed E-state index contributed by atoms with van der Waals surface area (Å²) in [5.74, 6) is -0.0937. The Kier molecular flexibility index (Phi) is 5.81. The van der Waals surface area contributed by atoms with Crippen molar-refractivity contribution in [2.45, 2.75) is 6.42 Å². The van der Waals surface area contributed by atoms with Crippen LogP contribution in [0.2, 0.25) is 0 Å². The molecule has 0 radical (unpaired) electrons. The van der Waals surface area contributed by atoms with Gasteiger partial charge in [-0.05, 0) is 54.1 Å². The topological polar surface area (TPSA) is 55.4 Å². The Morgan fingerprint density at radius 2 is 1.50 bits per heavy atom. The summed E-state index contributed by atoms with van der Waals surface area (Å²) in [5.41, 5.74) is 2.09. The van der Waals surface area contributed by atoms with Gasteiger partial charge in [0.25, 0.3) is 5.91 Å². The average Bonchev–Trinajstić information content (AvgIpc) is 2.66. The van der Waals surface area contributed by atoms with E-state index in [2.05, 4.69) is 21.2 Å². The first-order valence-electron chi connectivity index (χ1n) is 8.02. The molecule has 3 aromatic rings. The van der Waals surface area contributed by atoms with E-state index in [0.29, 0.717) is 17.0 Å². The van der Waals surface area contributed by atoms with Gasteiger partial charge < -0.3 is 10.1 Å². The molecule has 0 heterocycles. The summed E-state index contributed by atoms with van der Waals surface area (Å²) in [6.07, 6.45) is 0.194. The van der Waals surface area contributed by atoms with Crippen molar-refractivity contribution in [2.24, 2.45) is 0 Å². The van der Waals surface area contributed by atoms with Crippen LogP contribution in [0.1, 0.15) is 15.9 Å². The minimum absolute atomic E-state index is 0.189. The van der Waals surface area contributed by atoms with E-state index in [1.54, 1.807) is 36.4 Å². The highest BCUT2D eigenvalue weighted by Gasteiger charge is 2.08. The predicted octanol–water partition coefficient (Wildman–Crippen LogP) is 4.85. The first-order valence-corrected chi connectivity index (χ1v) is 8.81. The molecule has 4 nitrogen and oxygen atoms in total. The third-order valence-electron chi connectivity index (χ3n) is 3.64. The molecule has 0 aliphatic rings. The number of rotatable bonds is 5. The van der Waals surface area contributed by atoms with E-state index in [1.165, 1.54) is 0 Å². The Labute approximate surface area is 159 Å². The molecular formula is C21H16BrNO3. The first-order chi connectivity index (χ1) is 12.6. The van der Waals surface area contributed by atoms with Crippen molar-refractivity contribution in [1.82, 2.24) is 0 Å². The van der Waals surface area contributed by atoms with Crippen LogP contribution in [0, 0.1) is 0 Å². The van der Waals surface area contributed by atoms with Crippen LogP contribution in [0.4, 0.5) is 5.69 Å². The second-order valence-corrected chi connectivity index (χ2v) is 6.54. The summed E-state index contributed by atoms with van der Waals surface area (Å²) in [4.78, 5) is 24.1. The van der Waals surface area contributed by atoms with Crippen LogP contribution in [-0.2, 0) is 11.2 Å². The molecule has 26 heavy (non-hydrogen) atoms. The lowest BCUT2D eigenvalue weighted by molar-refractivity contribution is -0.133. The molecule has 130 valence electrons. The molecule has 0 atom stereocenters. The maximum Gasteiger partial charge on any atom is 0.315 e. The van der Waals surface area contributed by atoms with Gasteiger partial charge in [0, 0.05) is 15.7 Å². The Morgan fingerprint density at radius 1 is 0.846 bits per heavy atom. The molecule has 3 aromatic carbocycles. The Hall–Kier alpha value is -2.92. The SMILES string of the molecule is O=C(Cc1ccc(Br)cc1)Oc1ccc(NC(=O)c2ccccc2)cc1. The molecule has 1 N–H and O–H groups in total. The molecule has 0 fully saturated rings. The highest BCUT2D eigenvalue weighted by molar-refractivity contribution is 9.10. The molecule has 1 amide bonds. The highest BCUT2D eigenvalue weighted by Crippen LogP contribution is 2.18. The summed E-state index contributed by atoms with van der Waals surface area (Å²) in [6.45, 7) is 0. The van der Waals surface area contributed by atoms with Gasteiger partial charge in [-0.3, -0.25) is 9.59 Å². The lowest BCUT2D eigenvalue weighted by atomic mass is 10.1. The molecule has 0 spiro atoms. The van der Waals surface area contributed by atoms with E-state index in [9.17, 15) is 9.59 Å². The molecule has 3 rings (SSSR count). The minimum Gasteiger partial charge on any atom is -0.426 e. The second kappa shape index (κ2) is 8.45. The number of anilines is 1. The smallest absolute Gasteiger partial charge is 0.315 e. The summed E-state index contributed by atoms with van der Waals surface area (Å²) in [7, 11) is 0. The van der Waals surface area contributed by atoms with Gasteiger partial charge in [0.1, 0.15) is 5.75 Å². The number of benzene rings is 3. The standard InChI is InChI=1S/C21H16BrNO3/c22-17-8-6-15(7-9-17)14-20(24)26-19-12-10-18(11-13-19)23-21(25)16-4-2-1-3-5-16/h1-13H,14H2,(H,23,25). The van der Waals surface area contributed by atoms with E-state index >= 15 is 0 Å². The van der Waals surface area contributed by atoms with Gasteiger partial charge >= 0.3 is 5.97 Å². The first kappa shape index (κ1) is 17.9. The van der Waals surface area contributed by atoms with Crippen LogP contribution in [0.5, 0.6) is 5.75 Å². The monoisotopic (exact) mass is 409 g/mol. The van der Waals surface area contributed by atoms with Gasteiger partial charge in [0.2, 0.25) is 0 Å². The molecule has 0 aliphatic heterocycles. The van der Waals surface area contributed by atoms with Crippen LogP contribution in [0.25, 0.3) is 0 Å². The van der Waals surface area contributed by atoms with Gasteiger partial charge in [-0.25, -0.2) is 0 Å². The number of hydrogen-bond acceptors (Lipinski definition) is 3. The fourth-order valence-electron chi connectivity index (χ4n) is 2.34. The fraction of sp³-hybridized carbons (Fsp3) is 0.0476. The number of amides is 1. The lowest BCUT2D eigenvalue weighted by Crippen LogP contribution is -2.12. The van der Waals surface area contributed by atoms with Crippen molar-refractivity contribution in [1.29, 1.82) is 0 Å². The van der Waals surface area contributed by atoms with E-state index in [1.807, 2.05) is 42.5 Å². The van der Waals surface area contributed by atoms with Crippen molar-refractivity contribution in [3.05, 3.63) is 94.5 Å². The lowest BCUT2D eigenvalue weighted by Gasteiger charge is -2.08. The third-order valence-corrected chi connectivity index (χ3v) is 4.17. The summed E-state index contributed by atoms with van der Waals surface area (Å²) >= 11 is 3.36. The Balaban J connectivity index is 1.56. The number of ether oxygens (including phenoxy) is 1. The summed E-state index contributed by atoms with van der Waals surface area (Å²) in [5, 5.41) is 2.80. The van der Waals surface area contributed by atoms with Crippen LogP contribution >= 0.6 is 15.9 Å². The average molecular weight is 410 g/mol. The molecule has 0 bridgehead atoms. The molecule has 0 aliphatic carbocycles. The Bertz CT molecular complexity index is 891. The zero-order valence-corrected chi connectivity index (χ0v) is 15.4. The van der Waals surface area contributed by atoms with Crippen molar-refractivity contribution in [2.75, 3.05) is 5.32 Å². The fourth-order valence-corrected chi connectivity index (χ4v) is 2.60. The number of halogens is 1. The minimum atomic E-state index is -0.339. The summed E-state index contributed by atoms with van der Waals surface area (Å²) < 4.78 is 6.29. The third kappa shape index (κ3) is 5.04. The summed E-state index contributed by atoms with van der Waals surface area (Å²) in [6, 6.07) is 23.2. The van der Waals surface area contributed by atoms with Crippen molar-refractivity contribution < 1.29 is 14.3 Å². The maximum atomic E-state index is 12.1. The molecule has 0 aromatic heterocycles. The number of esters is 1. The molecule has 0 saturated heterocycles. The second-order valence-electron chi connectivity index (χ2n) is 5.62. The van der Waals surface area contributed by atoms with Gasteiger partial charge in [0.05, 0.1) is 6.42 Å². The molecule has 5 heteroatoms. The van der Waals surface area contributed by atoms with Crippen LogP contribution in [0.3, 0.4) is 0 Å². The Morgan fingerprint density at radius 3 is 2.15 bits per heavy atom. The van der Waals surface area contributed by atoms with Gasteiger partial charge in [0.15, 0.2) is 0 Å². The predicted molar refractivity (Wildman–Crippen MR) is 104 cm³/mol. The largest absolute Gasteiger partial charge is 0.426 e. The molecular weight excluding hydrogens is 394 g/mol. The van der Waals surface area contributed by atoms with Gasteiger partial charge in [-0.15, -0.1) is 0 Å². The number of carbonyl (C=O) groups excluding carboxylic acids is 2. The quantitative estimate of drug-likeness (QED) is 0.483. The van der Waals surface area contributed by atoms with Gasteiger partial charge in [-0.2, -0.15) is 0 Å². The van der Waals surface area contributed by atoms with Crippen LogP contribution in [-0.4, -0.2) is 11.9 Å². The maximum absolute atomic E-state index is 12.1. The highest BCUT2D eigenvalue weighted by atomic mass is 79.9. The van der Waals surface area contributed by atoms with E-state index in [4.69, 9.17) is 4.74 Å². The van der Waals surface area contributed by atoms with E-state index in [-0.39, 0.29) is 18.3 Å². The van der Waals surface area contributed by atoms with Gasteiger partial charge in [-0.1, -0.05) is 46.3 Å². The number of carbonyl (C=O) groups is 2. The van der Waals surface area contributed by atoms with Crippen LogP contribution in [0.15, 0.2) is 83.3 Å². The van der Waals surface area contributed by atoms with Crippen molar-refractivity contribution in [3.63, 3.8) is 0 Å². The zero-order chi connectivity index (χ0) is 18.4. The molecule has 0 saturated carbocycles. The van der Waals surface area contributed by atoms with E-state index in [0.717, 1.165) is 10.0 Å². The normalized spacial score (nSPS) is 10.2. The molecule has 0 unspecified atom stereocenters. The zero-order valence-electron chi connectivity index (χ0n) is 13.8. The van der Waals surface area contributed by atoms with Crippen LogP contribution < -0.4 is 10.1 Å². The van der Waals surface area contributed by atoms with Crippen molar-refractivity contribution >= 4 is 33.5 Å². The van der Waals surface area contributed by atoms with E-state index < -0.39 is 0 Å².